The Kier molecular flexibility index (Phi) is 6.83. The Balaban J connectivity index is 0.00000144. The summed E-state index contributed by atoms with van der Waals surface area (Å²) in [7, 11) is 0. The molecule has 2 aromatic rings. The van der Waals surface area contributed by atoms with E-state index >= 15 is 0 Å². The number of benzene rings is 1. The first-order valence-electron chi connectivity index (χ1n) is 4.01. The van der Waals surface area contributed by atoms with Crippen LogP contribution in [0.2, 0.25) is 10.2 Å². The molecule has 0 atom stereocenters. The first-order chi connectivity index (χ1) is 7.54. The van der Waals surface area contributed by atoms with E-state index in [4.69, 9.17) is 23.2 Å². The fraction of sp³-hybridized carbons (Fsp3) is 0.111. The Labute approximate surface area is 169 Å². The van der Waals surface area contributed by atoms with Crippen LogP contribution in [0.1, 0.15) is 0 Å². The summed E-state index contributed by atoms with van der Waals surface area (Å²) in [6.07, 6.45) is 1.80. The van der Waals surface area contributed by atoms with Crippen LogP contribution in [0.4, 0.5) is 4.39 Å². The molecule has 0 spiro atoms. The van der Waals surface area contributed by atoms with Crippen LogP contribution in [-0.4, -0.2) is 16.2 Å². The average molecular weight is 426 g/mol. The Bertz CT molecular complexity index is 585. The number of hydrogen-bond donors (Lipinski definition) is 0. The van der Waals surface area contributed by atoms with Crippen LogP contribution in [0.25, 0.3) is 10.9 Å². The standard InChI is InChI=1S/C9H3BrCl2FN2S.Rb/c1-16-9-14-4-2-3(10)6(11)7(13)5(4)8(12)15-9;/h1H3;/q-1;+1. The summed E-state index contributed by atoms with van der Waals surface area (Å²) < 4.78 is 14.1. The number of aromatic nitrogens is 2. The van der Waals surface area contributed by atoms with Gasteiger partial charge in [-0.05, 0) is 22.2 Å². The quantitative estimate of drug-likeness (QED) is 0.227. The fourth-order valence-corrected chi connectivity index (χ4v) is 2.33. The summed E-state index contributed by atoms with van der Waals surface area (Å²) in [5.74, 6) is -0.639. The Hall–Kier alpha value is 1.71. The third-order valence-electron chi connectivity index (χ3n) is 1.86. The first-order valence-corrected chi connectivity index (χ1v) is 6.79. The summed E-state index contributed by atoms with van der Waals surface area (Å²) in [4.78, 5) is 8.04. The van der Waals surface area contributed by atoms with E-state index in [-0.39, 0.29) is 73.7 Å². The molecular formula is C9H3BrCl2FN2RbS. The zero-order valence-corrected chi connectivity index (χ0v) is 17.6. The van der Waals surface area contributed by atoms with Crippen molar-refractivity contribution in [2.45, 2.75) is 5.16 Å². The van der Waals surface area contributed by atoms with Gasteiger partial charge in [0.2, 0.25) is 0 Å². The summed E-state index contributed by atoms with van der Waals surface area (Å²) >= 11 is 16.0. The molecule has 84 valence electrons. The predicted octanol–water partition coefficient (Wildman–Crippen LogP) is 1.36. The topological polar surface area (TPSA) is 25.8 Å². The molecule has 2 nitrogen and oxygen atoms in total. The number of hydrogen-bond acceptors (Lipinski definition) is 3. The third kappa shape index (κ3) is 3.43. The molecule has 2 rings (SSSR count). The minimum Gasteiger partial charge on any atom is -0.250 e. The van der Waals surface area contributed by atoms with Crippen molar-refractivity contribution in [2.75, 3.05) is 6.26 Å². The summed E-state index contributed by atoms with van der Waals surface area (Å²) in [6.45, 7) is 0. The molecule has 0 radical (unpaired) electrons. The van der Waals surface area contributed by atoms with Crippen LogP contribution in [0.3, 0.4) is 0 Å². The van der Waals surface area contributed by atoms with Gasteiger partial charge < -0.3 is 0 Å². The monoisotopic (exact) mass is 424 g/mol. The number of rotatable bonds is 1. The summed E-state index contributed by atoms with van der Waals surface area (Å²) in [5.41, 5.74) is 0.304. The minimum absolute atomic E-state index is 0. The normalized spacial score (nSPS) is 10.4. The molecule has 0 N–H and O–H groups in total. The van der Waals surface area contributed by atoms with Gasteiger partial charge in [0.05, 0.1) is 5.15 Å². The van der Waals surface area contributed by atoms with Crippen LogP contribution >= 0.6 is 50.9 Å². The molecule has 1 aromatic heterocycles. The van der Waals surface area contributed by atoms with Gasteiger partial charge in [-0.25, -0.2) is 14.4 Å². The van der Waals surface area contributed by atoms with Gasteiger partial charge in [0.15, 0.2) is 5.16 Å². The van der Waals surface area contributed by atoms with Crippen LogP contribution in [0.5, 0.6) is 0 Å². The maximum Gasteiger partial charge on any atom is 1.00 e. The van der Waals surface area contributed by atoms with E-state index in [0.717, 1.165) is 0 Å². The van der Waals surface area contributed by atoms with Gasteiger partial charge >= 0.3 is 58.2 Å². The van der Waals surface area contributed by atoms with Crippen molar-refractivity contribution < 1.29 is 62.6 Å². The van der Waals surface area contributed by atoms with E-state index in [1.165, 1.54) is 11.8 Å². The zero-order valence-electron chi connectivity index (χ0n) is 8.81. The molecule has 0 fully saturated rings. The van der Waals surface area contributed by atoms with Crippen molar-refractivity contribution in [3.05, 3.63) is 26.5 Å². The number of nitrogens with zero attached hydrogens (tertiary/aromatic N) is 2. The molecule has 0 saturated heterocycles. The van der Waals surface area contributed by atoms with Crippen molar-refractivity contribution in [3.63, 3.8) is 0 Å². The van der Waals surface area contributed by atoms with Crippen LogP contribution in [0, 0.1) is 11.9 Å². The van der Waals surface area contributed by atoms with Gasteiger partial charge in [-0.2, -0.15) is 11.6 Å². The van der Waals surface area contributed by atoms with Crippen molar-refractivity contribution in [2.24, 2.45) is 0 Å². The molecule has 17 heavy (non-hydrogen) atoms. The second-order valence-electron chi connectivity index (χ2n) is 2.79. The molecule has 0 unspecified atom stereocenters. The molecule has 0 aliphatic heterocycles. The maximum atomic E-state index is 13.8. The van der Waals surface area contributed by atoms with Crippen LogP contribution in [0.15, 0.2) is 9.63 Å². The fourth-order valence-electron chi connectivity index (χ4n) is 1.16. The molecule has 0 amide bonds. The summed E-state index contributed by atoms with van der Waals surface area (Å²) in [6, 6.07) is 2.81. The molecule has 0 saturated carbocycles. The van der Waals surface area contributed by atoms with E-state index in [0.29, 0.717) is 15.1 Å². The van der Waals surface area contributed by atoms with E-state index in [2.05, 4.69) is 32.0 Å². The Morgan fingerprint density at radius 2 is 2.00 bits per heavy atom. The summed E-state index contributed by atoms with van der Waals surface area (Å²) in [5, 5.41) is 0.516. The molecule has 1 aromatic carbocycles. The largest absolute Gasteiger partial charge is 1.00 e. The van der Waals surface area contributed by atoms with E-state index in [9.17, 15) is 4.39 Å². The predicted molar refractivity (Wildman–Crippen MR) is 67.8 cm³/mol. The van der Waals surface area contributed by atoms with E-state index in [1.54, 1.807) is 6.26 Å². The van der Waals surface area contributed by atoms with Crippen molar-refractivity contribution >= 4 is 61.8 Å². The van der Waals surface area contributed by atoms with Crippen molar-refractivity contribution in [3.8, 4) is 0 Å². The van der Waals surface area contributed by atoms with Gasteiger partial charge in [-0.15, -0.1) is 6.07 Å². The van der Waals surface area contributed by atoms with Crippen molar-refractivity contribution in [1.29, 1.82) is 0 Å². The molecule has 0 aliphatic carbocycles. The van der Waals surface area contributed by atoms with Crippen molar-refractivity contribution in [1.82, 2.24) is 9.97 Å². The van der Waals surface area contributed by atoms with Crippen LogP contribution in [-0.2, 0) is 0 Å². The second kappa shape index (κ2) is 6.93. The second-order valence-corrected chi connectivity index (χ2v) is 5.09. The smallest absolute Gasteiger partial charge is 0.250 e. The first kappa shape index (κ1) is 16.8. The molecule has 8 heteroatoms. The average Bonchev–Trinajstić information content (AvgIpc) is 2.25. The SMILES string of the molecule is CSc1nc(Cl)c2c(F)c(Cl)c(Br)[c-]c2n1.[Rb+]. The number of thioether (sulfide) groups is 1. The minimum atomic E-state index is -0.639. The Morgan fingerprint density at radius 1 is 1.35 bits per heavy atom. The van der Waals surface area contributed by atoms with Gasteiger partial charge in [0.1, 0.15) is 0 Å². The number of fused-ring (bicyclic) bond motifs is 1. The molecule has 0 bridgehead atoms. The van der Waals surface area contributed by atoms with Gasteiger partial charge in [-0.3, -0.25) is 0 Å². The molecular weight excluding hydrogens is 423 g/mol. The Morgan fingerprint density at radius 3 is 2.59 bits per heavy atom. The zero-order chi connectivity index (χ0) is 11.9. The van der Waals surface area contributed by atoms with Gasteiger partial charge in [0, 0.05) is 5.82 Å². The van der Waals surface area contributed by atoms with E-state index < -0.39 is 5.82 Å². The number of halogens is 4. The molecule has 0 aliphatic rings. The molecule has 1 heterocycles. The van der Waals surface area contributed by atoms with Crippen LogP contribution < -0.4 is 58.2 Å². The van der Waals surface area contributed by atoms with E-state index in [1.807, 2.05) is 0 Å². The third-order valence-corrected chi connectivity index (χ3v) is 3.86. The van der Waals surface area contributed by atoms with Gasteiger partial charge in [0.25, 0.3) is 0 Å². The van der Waals surface area contributed by atoms with Gasteiger partial charge in [-0.1, -0.05) is 43.8 Å². The maximum absolute atomic E-state index is 13.8.